The fraction of sp³-hybridized carbons (Fsp3) is 0.562. The van der Waals surface area contributed by atoms with Crippen LogP contribution in [0.1, 0.15) is 38.2 Å². The van der Waals surface area contributed by atoms with Crippen LogP contribution in [0.3, 0.4) is 0 Å². The average molecular weight is 291 g/mol. The molecule has 3 rings (SSSR count). The minimum atomic E-state index is -0.661. The van der Waals surface area contributed by atoms with E-state index in [1.807, 2.05) is 31.2 Å². The summed E-state index contributed by atoms with van der Waals surface area (Å²) in [5.74, 6) is -0.0619. The largest absolute Gasteiger partial charge is 0.497 e. The third kappa shape index (κ3) is 2.30. The van der Waals surface area contributed by atoms with Gasteiger partial charge < -0.3 is 19.9 Å². The van der Waals surface area contributed by atoms with E-state index < -0.39 is 11.2 Å². The van der Waals surface area contributed by atoms with E-state index in [0.29, 0.717) is 25.7 Å². The topological polar surface area (TPSA) is 70.8 Å². The van der Waals surface area contributed by atoms with Gasteiger partial charge in [0.25, 0.3) is 0 Å². The summed E-state index contributed by atoms with van der Waals surface area (Å²) in [7, 11) is 1.61. The smallest absolute Gasteiger partial charge is 0.228 e. The van der Waals surface area contributed by atoms with Crippen LogP contribution in [0.25, 0.3) is 0 Å². The summed E-state index contributed by atoms with van der Waals surface area (Å²) in [6.45, 7) is 1.88. The van der Waals surface area contributed by atoms with E-state index in [9.17, 15) is 4.79 Å². The van der Waals surface area contributed by atoms with E-state index in [-0.39, 0.29) is 12.2 Å². The molecule has 0 radical (unpaired) electrons. The van der Waals surface area contributed by atoms with Gasteiger partial charge in [0, 0.05) is 12.8 Å². The van der Waals surface area contributed by atoms with Crippen molar-refractivity contribution in [2.75, 3.05) is 7.11 Å². The molecule has 1 aliphatic carbocycles. The molecule has 1 saturated carbocycles. The lowest BCUT2D eigenvalue weighted by Crippen LogP contribution is -2.58. The molecular weight excluding hydrogens is 270 g/mol. The number of hydrogen-bond donors (Lipinski definition) is 1. The Bertz CT molecular complexity index is 541. The highest BCUT2D eigenvalue weighted by molar-refractivity contribution is 5.87. The van der Waals surface area contributed by atoms with Gasteiger partial charge in [0.05, 0.1) is 12.5 Å². The molecule has 1 spiro atoms. The molecule has 21 heavy (non-hydrogen) atoms. The molecule has 2 N–H and O–H groups in total. The number of nitrogens with two attached hydrogens (primary N) is 1. The molecule has 1 aromatic rings. The first-order chi connectivity index (χ1) is 10.00. The van der Waals surface area contributed by atoms with Gasteiger partial charge in [0.15, 0.2) is 12.1 Å². The second-order valence-electron chi connectivity index (χ2n) is 5.89. The van der Waals surface area contributed by atoms with Gasteiger partial charge in [-0.2, -0.15) is 0 Å². The molecule has 2 aliphatic rings. The third-order valence-electron chi connectivity index (χ3n) is 4.72. The average Bonchev–Trinajstić information content (AvgIpc) is 2.46. The number of rotatable bonds is 3. The highest BCUT2D eigenvalue weighted by Crippen LogP contribution is 2.49. The lowest BCUT2D eigenvalue weighted by atomic mass is 9.67. The summed E-state index contributed by atoms with van der Waals surface area (Å²) in [5, 5.41) is 0. The van der Waals surface area contributed by atoms with Crippen molar-refractivity contribution >= 4 is 5.91 Å². The number of ether oxygens (including phenoxy) is 3. The van der Waals surface area contributed by atoms with Crippen LogP contribution in [-0.4, -0.2) is 25.1 Å². The van der Waals surface area contributed by atoms with E-state index in [1.165, 1.54) is 0 Å². The molecule has 114 valence electrons. The van der Waals surface area contributed by atoms with Crippen molar-refractivity contribution in [1.29, 1.82) is 0 Å². The van der Waals surface area contributed by atoms with E-state index in [0.717, 1.165) is 11.3 Å². The van der Waals surface area contributed by atoms with E-state index in [2.05, 4.69) is 0 Å². The van der Waals surface area contributed by atoms with Crippen LogP contribution < -0.4 is 10.5 Å². The normalized spacial score (nSPS) is 35.2. The van der Waals surface area contributed by atoms with Gasteiger partial charge >= 0.3 is 0 Å². The number of amides is 1. The standard InChI is InChI=1S/C16H21NO4/c1-11-20-16(21-11)8-6-15(7-9-16,14(17)18)12-4-3-5-13(10-12)19-2/h3-5,10-11H,6-9H2,1-2H3,(H2,17,18). The van der Waals surface area contributed by atoms with Crippen LogP contribution in [0.15, 0.2) is 24.3 Å². The van der Waals surface area contributed by atoms with Crippen LogP contribution in [0, 0.1) is 0 Å². The van der Waals surface area contributed by atoms with Gasteiger partial charge in [-0.1, -0.05) is 12.1 Å². The van der Waals surface area contributed by atoms with Crippen LogP contribution in [0.5, 0.6) is 5.75 Å². The van der Waals surface area contributed by atoms with E-state index in [1.54, 1.807) is 7.11 Å². The highest BCUT2D eigenvalue weighted by Gasteiger charge is 2.53. The number of benzene rings is 1. The molecule has 2 fully saturated rings. The van der Waals surface area contributed by atoms with Crippen molar-refractivity contribution in [2.24, 2.45) is 5.73 Å². The predicted molar refractivity (Wildman–Crippen MR) is 76.7 cm³/mol. The van der Waals surface area contributed by atoms with Gasteiger partial charge in [-0.3, -0.25) is 4.79 Å². The van der Waals surface area contributed by atoms with Gasteiger partial charge in [-0.15, -0.1) is 0 Å². The second-order valence-corrected chi connectivity index (χ2v) is 5.89. The lowest BCUT2D eigenvalue weighted by Gasteiger charge is -2.52. The second kappa shape index (κ2) is 5.00. The molecule has 1 saturated heterocycles. The summed E-state index contributed by atoms with van der Waals surface area (Å²) in [6.07, 6.45) is 2.46. The molecular formula is C16H21NO4. The Kier molecular flexibility index (Phi) is 3.42. The molecule has 0 atom stereocenters. The lowest BCUT2D eigenvalue weighted by molar-refractivity contribution is -0.454. The Morgan fingerprint density at radius 2 is 1.95 bits per heavy atom. The zero-order chi connectivity index (χ0) is 15.1. The van der Waals surface area contributed by atoms with Gasteiger partial charge in [-0.05, 0) is 37.5 Å². The molecule has 5 nitrogen and oxygen atoms in total. The van der Waals surface area contributed by atoms with Crippen molar-refractivity contribution in [3.8, 4) is 5.75 Å². The monoisotopic (exact) mass is 291 g/mol. The van der Waals surface area contributed by atoms with E-state index >= 15 is 0 Å². The fourth-order valence-corrected chi connectivity index (χ4v) is 3.51. The zero-order valence-electron chi connectivity index (χ0n) is 12.4. The zero-order valence-corrected chi connectivity index (χ0v) is 12.4. The van der Waals surface area contributed by atoms with Crippen molar-refractivity contribution in [2.45, 2.75) is 50.1 Å². The first-order valence-corrected chi connectivity index (χ1v) is 7.30. The SMILES string of the molecule is COc1cccc(C2(C(N)=O)CCC3(CC2)OC(C)O3)c1. The van der Waals surface area contributed by atoms with Crippen LogP contribution in [0.2, 0.25) is 0 Å². The predicted octanol–water partition coefficient (Wildman–Crippen LogP) is 2.08. The number of methoxy groups -OCH3 is 1. The van der Waals surface area contributed by atoms with E-state index in [4.69, 9.17) is 19.9 Å². The van der Waals surface area contributed by atoms with Crippen molar-refractivity contribution in [3.05, 3.63) is 29.8 Å². The number of primary amides is 1. The first kappa shape index (κ1) is 14.4. The quantitative estimate of drug-likeness (QED) is 0.925. The maximum atomic E-state index is 12.2. The molecule has 1 amide bonds. The molecule has 0 unspecified atom stereocenters. The maximum Gasteiger partial charge on any atom is 0.228 e. The summed E-state index contributed by atoms with van der Waals surface area (Å²) >= 11 is 0. The number of carbonyl (C=O) groups excluding carboxylic acids is 1. The Balaban J connectivity index is 1.86. The minimum Gasteiger partial charge on any atom is -0.497 e. The summed E-state index contributed by atoms with van der Waals surface area (Å²) in [4.78, 5) is 12.2. The van der Waals surface area contributed by atoms with Gasteiger partial charge in [-0.25, -0.2) is 0 Å². The van der Waals surface area contributed by atoms with Crippen LogP contribution >= 0.6 is 0 Å². The van der Waals surface area contributed by atoms with Crippen LogP contribution in [-0.2, 0) is 19.7 Å². The first-order valence-electron chi connectivity index (χ1n) is 7.30. The summed E-state index contributed by atoms with van der Waals surface area (Å²) in [6, 6.07) is 7.59. The summed E-state index contributed by atoms with van der Waals surface area (Å²) < 4.78 is 16.7. The number of carbonyl (C=O) groups is 1. The maximum absolute atomic E-state index is 12.2. The summed E-state index contributed by atoms with van der Waals surface area (Å²) in [5.41, 5.74) is 5.99. The Hall–Kier alpha value is -1.59. The van der Waals surface area contributed by atoms with Gasteiger partial charge in [0.2, 0.25) is 5.91 Å². The Morgan fingerprint density at radius 3 is 2.48 bits per heavy atom. The highest BCUT2D eigenvalue weighted by atomic mass is 16.9. The molecule has 5 heteroatoms. The van der Waals surface area contributed by atoms with Crippen molar-refractivity contribution in [1.82, 2.24) is 0 Å². The third-order valence-corrected chi connectivity index (χ3v) is 4.72. The minimum absolute atomic E-state index is 0.150. The Morgan fingerprint density at radius 1 is 1.29 bits per heavy atom. The van der Waals surface area contributed by atoms with Gasteiger partial charge in [0.1, 0.15) is 5.75 Å². The van der Waals surface area contributed by atoms with Crippen LogP contribution in [0.4, 0.5) is 0 Å². The number of hydrogen-bond acceptors (Lipinski definition) is 4. The van der Waals surface area contributed by atoms with Crippen molar-refractivity contribution in [3.63, 3.8) is 0 Å². The molecule has 1 heterocycles. The Labute approximate surface area is 124 Å². The van der Waals surface area contributed by atoms with Crippen molar-refractivity contribution < 1.29 is 19.0 Å². The molecule has 0 aromatic heterocycles. The molecule has 0 bridgehead atoms. The molecule has 1 aromatic carbocycles. The molecule has 1 aliphatic heterocycles. The fourth-order valence-electron chi connectivity index (χ4n) is 3.51.